The molecule has 2 saturated heterocycles. The van der Waals surface area contributed by atoms with Gasteiger partial charge in [0.2, 0.25) is 0 Å². The van der Waals surface area contributed by atoms with Crippen molar-refractivity contribution in [3.05, 3.63) is 34.1 Å². The summed E-state index contributed by atoms with van der Waals surface area (Å²) in [5, 5.41) is 2.87. The van der Waals surface area contributed by atoms with Crippen LogP contribution in [0.2, 0.25) is 0 Å². The fourth-order valence-corrected chi connectivity index (χ4v) is 3.95. The smallest absolute Gasteiger partial charge is 0.323 e. The molecule has 0 unspecified atom stereocenters. The number of amides is 3. The van der Waals surface area contributed by atoms with Gasteiger partial charge in [-0.15, -0.1) is 0 Å². The lowest BCUT2D eigenvalue weighted by atomic mass is 9.87. The first kappa shape index (κ1) is 18.3. The van der Waals surface area contributed by atoms with Gasteiger partial charge in [0.15, 0.2) is 0 Å². The van der Waals surface area contributed by atoms with Crippen molar-refractivity contribution in [1.82, 2.24) is 15.1 Å². The van der Waals surface area contributed by atoms with Crippen LogP contribution in [-0.2, 0) is 11.3 Å². The Labute approximate surface area is 155 Å². The summed E-state index contributed by atoms with van der Waals surface area (Å²) < 4.78 is 14.7. The van der Waals surface area contributed by atoms with E-state index in [4.69, 9.17) is 0 Å². The van der Waals surface area contributed by atoms with E-state index < -0.39 is 17.4 Å². The molecule has 2 aliphatic heterocycles. The number of hydrogen-bond acceptors (Lipinski definition) is 3. The summed E-state index contributed by atoms with van der Waals surface area (Å²) in [5.74, 6) is -0.0912. The number of benzene rings is 1. The maximum absolute atomic E-state index is 14.1. The lowest BCUT2D eigenvalue weighted by molar-refractivity contribution is -0.133. The van der Waals surface area contributed by atoms with Crippen molar-refractivity contribution >= 4 is 27.9 Å². The molecule has 5 nitrogen and oxygen atoms in total. The number of rotatable bonds is 4. The van der Waals surface area contributed by atoms with E-state index >= 15 is 0 Å². The van der Waals surface area contributed by atoms with Gasteiger partial charge in [0, 0.05) is 29.7 Å². The van der Waals surface area contributed by atoms with Crippen molar-refractivity contribution in [2.24, 2.45) is 5.92 Å². The average molecular weight is 412 g/mol. The molecule has 3 rings (SSSR count). The molecule has 136 valence electrons. The first-order chi connectivity index (χ1) is 11.8. The van der Waals surface area contributed by atoms with Gasteiger partial charge in [-0.1, -0.05) is 35.8 Å². The van der Waals surface area contributed by atoms with Crippen LogP contribution in [0.1, 0.15) is 32.3 Å². The highest BCUT2D eigenvalue weighted by Crippen LogP contribution is 2.31. The minimum Gasteiger partial charge on any atom is -0.323 e. The minimum atomic E-state index is -0.823. The lowest BCUT2D eigenvalue weighted by Crippen LogP contribution is -2.55. The third kappa shape index (κ3) is 3.72. The molecule has 25 heavy (non-hydrogen) atoms. The van der Waals surface area contributed by atoms with Crippen molar-refractivity contribution in [1.29, 1.82) is 0 Å². The Hall–Kier alpha value is -1.47. The number of nitrogens with one attached hydrogen (secondary N) is 1. The second-order valence-corrected chi connectivity index (χ2v) is 8.25. The highest BCUT2D eigenvalue weighted by atomic mass is 79.9. The number of hydrogen-bond donors (Lipinski definition) is 1. The van der Waals surface area contributed by atoms with Gasteiger partial charge < -0.3 is 10.2 Å². The summed E-state index contributed by atoms with van der Waals surface area (Å²) in [6, 6.07) is 4.21. The van der Waals surface area contributed by atoms with E-state index in [1.165, 1.54) is 6.07 Å². The highest BCUT2D eigenvalue weighted by Gasteiger charge is 2.52. The Kier molecular flexibility index (Phi) is 5.16. The van der Waals surface area contributed by atoms with E-state index in [0.29, 0.717) is 28.8 Å². The molecule has 0 bridgehead atoms. The zero-order valence-corrected chi connectivity index (χ0v) is 16.1. The van der Waals surface area contributed by atoms with Crippen LogP contribution >= 0.6 is 15.9 Å². The molecule has 0 aliphatic carbocycles. The Bertz CT molecular complexity index is 687. The first-order valence-corrected chi connectivity index (χ1v) is 9.40. The van der Waals surface area contributed by atoms with E-state index in [9.17, 15) is 14.0 Å². The van der Waals surface area contributed by atoms with E-state index in [1.807, 2.05) is 0 Å². The molecule has 1 spiro atoms. The van der Waals surface area contributed by atoms with E-state index in [1.54, 1.807) is 12.1 Å². The first-order valence-electron chi connectivity index (χ1n) is 8.61. The number of carbonyl (C=O) groups excluding carboxylic acids is 2. The minimum absolute atomic E-state index is 0.0404. The van der Waals surface area contributed by atoms with Crippen molar-refractivity contribution in [3.8, 4) is 0 Å². The van der Waals surface area contributed by atoms with Crippen LogP contribution < -0.4 is 5.32 Å². The molecule has 1 aromatic rings. The number of urea groups is 1. The SMILES string of the molecule is CC(C)CN1CCC2(CC1)NC(=O)N(Cc1ccc(Br)cc1F)C2=O. The van der Waals surface area contributed by atoms with E-state index in [2.05, 4.69) is 40.0 Å². The molecule has 2 aliphatic rings. The number of imide groups is 1. The fraction of sp³-hybridized carbons (Fsp3) is 0.556. The van der Waals surface area contributed by atoms with Crippen molar-refractivity contribution in [3.63, 3.8) is 0 Å². The predicted molar refractivity (Wildman–Crippen MR) is 96.4 cm³/mol. The van der Waals surface area contributed by atoms with Crippen molar-refractivity contribution in [2.45, 2.75) is 38.8 Å². The van der Waals surface area contributed by atoms with Gasteiger partial charge in [-0.2, -0.15) is 0 Å². The molecule has 3 amide bonds. The van der Waals surface area contributed by atoms with Crippen LogP contribution in [0, 0.1) is 11.7 Å². The number of carbonyl (C=O) groups is 2. The molecule has 0 atom stereocenters. The maximum atomic E-state index is 14.1. The summed E-state index contributed by atoms with van der Waals surface area (Å²) in [6.45, 7) is 6.85. The van der Waals surface area contributed by atoms with Gasteiger partial charge >= 0.3 is 6.03 Å². The van der Waals surface area contributed by atoms with Crippen LogP contribution in [0.15, 0.2) is 22.7 Å². The third-order valence-electron chi connectivity index (χ3n) is 4.92. The van der Waals surface area contributed by atoms with Crippen LogP contribution in [0.5, 0.6) is 0 Å². The largest absolute Gasteiger partial charge is 0.325 e. The molecule has 0 saturated carbocycles. The fourth-order valence-electron chi connectivity index (χ4n) is 3.61. The number of nitrogens with zero attached hydrogens (tertiary/aromatic N) is 2. The molecule has 0 radical (unpaired) electrons. The van der Waals surface area contributed by atoms with Gasteiger partial charge in [-0.05, 0) is 30.9 Å². The number of halogens is 2. The molecule has 7 heteroatoms. The molecule has 2 fully saturated rings. The van der Waals surface area contributed by atoms with Crippen LogP contribution in [0.4, 0.5) is 9.18 Å². The van der Waals surface area contributed by atoms with Gasteiger partial charge in [0.25, 0.3) is 5.91 Å². The van der Waals surface area contributed by atoms with Gasteiger partial charge in [0.05, 0.1) is 6.54 Å². The zero-order chi connectivity index (χ0) is 18.2. The number of piperidine rings is 1. The molecule has 2 heterocycles. The van der Waals surface area contributed by atoms with Crippen LogP contribution in [0.3, 0.4) is 0 Å². The predicted octanol–water partition coefficient (Wildman–Crippen LogP) is 3.13. The third-order valence-corrected chi connectivity index (χ3v) is 5.42. The maximum Gasteiger partial charge on any atom is 0.325 e. The summed E-state index contributed by atoms with van der Waals surface area (Å²) in [4.78, 5) is 28.7. The highest BCUT2D eigenvalue weighted by molar-refractivity contribution is 9.10. The van der Waals surface area contributed by atoms with Gasteiger partial charge in [0.1, 0.15) is 11.4 Å². The molecule has 1 aromatic carbocycles. The van der Waals surface area contributed by atoms with Crippen molar-refractivity contribution < 1.29 is 14.0 Å². The standard InChI is InChI=1S/C18H23BrFN3O2/c1-12(2)10-22-7-5-18(6-8-22)16(24)23(17(25)21-18)11-13-3-4-14(19)9-15(13)20/h3-4,9,12H,5-8,10-11H2,1-2H3,(H,21,25). The summed E-state index contributed by atoms with van der Waals surface area (Å²) in [5.41, 5.74) is -0.489. The summed E-state index contributed by atoms with van der Waals surface area (Å²) in [7, 11) is 0. The van der Waals surface area contributed by atoms with E-state index in [-0.39, 0.29) is 12.5 Å². The van der Waals surface area contributed by atoms with Gasteiger partial charge in [-0.3, -0.25) is 9.69 Å². The van der Waals surface area contributed by atoms with Crippen molar-refractivity contribution in [2.75, 3.05) is 19.6 Å². The normalized spacial score (nSPS) is 20.6. The summed E-state index contributed by atoms with van der Waals surface area (Å²) in [6.07, 6.45) is 1.20. The Morgan fingerprint density at radius 2 is 1.96 bits per heavy atom. The van der Waals surface area contributed by atoms with Crippen LogP contribution in [-0.4, -0.2) is 46.9 Å². The zero-order valence-electron chi connectivity index (χ0n) is 14.5. The Morgan fingerprint density at radius 1 is 1.28 bits per heavy atom. The second-order valence-electron chi connectivity index (χ2n) is 7.33. The molecule has 1 N–H and O–H groups in total. The Morgan fingerprint density at radius 3 is 2.56 bits per heavy atom. The quantitative estimate of drug-likeness (QED) is 0.774. The van der Waals surface area contributed by atoms with Gasteiger partial charge in [-0.25, -0.2) is 9.18 Å². The van der Waals surface area contributed by atoms with Crippen LogP contribution in [0.25, 0.3) is 0 Å². The average Bonchev–Trinajstić information content (AvgIpc) is 2.76. The molecular weight excluding hydrogens is 389 g/mol. The molecule has 0 aromatic heterocycles. The topological polar surface area (TPSA) is 52.7 Å². The molecular formula is C18H23BrFN3O2. The Balaban J connectivity index is 1.70. The summed E-state index contributed by atoms with van der Waals surface area (Å²) >= 11 is 3.21. The monoisotopic (exact) mass is 411 g/mol. The number of likely N-dealkylation sites (tertiary alicyclic amines) is 1. The second kappa shape index (κ2) is 7.03. The lowest BCUT2D eigenvalue weighted by Gasteiger charge is -2.38. The van der Waals surface area contributed by atoms with E-state index in [0.717, 1.165) is 24.5 Å².